The standard InChI is InChI=1S/C16H27NO4S/c1-2-3-4-5-6-7-8-9-14-20-15-10-12-16(13-11-15)21-22(17,18)19/h10-13H,2-9,14H2,1H3,(H2,17,18,19). The first-order valence-electron chi connectivity index (χ1n) is 7.96. The van der Waals surface area contributed by atoms with Crippen LogP contribution in [0.25, 0.3) is 0 Å². The SMILES string of the molecule is CCCCCCCCCCOc1ccc(OS(N)(=O)=O)cc1. The van der Waals surface area contributed by atoms with Crippen molar-refractivity contribution in [2.24, 2.45) is 5.14 Å². The average molecular weight is 329 g/mol. The number of nitrogens with two attached hydrogens (primary N) is 1. The van der Waals surface area contributed by atoms with E-state index in [2.05, 4.69) is 11.1 Å². The van der Waals surface area contributed by atoms with Crippen LogP contribution in [0.5, 0.6) is 11.5 Å². The molecule has 0 saturated carbocycles. The van der Waals surface area contributed by atoms with Crippen molar-refractivity contribution < 1.29 is 17.3 Å². The Bertz CT molecular complexity index is 499. The van der Waals surface area contributed by atoms with Gasteiger partial charge in [0.25, 0.3) is 0 Å². The molecular formula is C16H27NO4S. The van der Waals surface area contributed by atoms with E-state index in [4.69, 9.17) is 9.88 Å². The molecule has 0 aliphatic carbocycles. The molecule has 0 atom stereocenters. The lowest BCUT2D eigenvalue weighted by Crippen LogP contribution is -2.18. The fourth-order valence-corrected chi connectivity index (χ4v) is 2.53. The fraction of sp³-hybridized carbons (Fsp3) is 0.625. The summed E-state index contributed by atoms with van der Waals surface area (Å²) in [5.74, 6) is 0.881. The van der Waals surface area contributed by atoms with Crippen LogP contribution < -0.4 is 14.1 Å². The first kappa shape index (κ1) is 18.8. The van der Waals surface area contributed by atoms with Crippen molar-refractivity contribution >= 4 is 10.3 Å². The monoisotopic (exact) mass is 329 g/mol. The van der Waals surface area contributed by atoms with E-state index in [1.54, 1.807) is 12.1 Å². The number of hydrogen-bond acceptors (Lipinski definition) is 4. The Kier molecular flexibility index (Phi) is 8.92. The summed E-state index contributed by atoms with van der Waals surface area (Å²) < 4.78 is 31.7. The number of benzene rings is 1. The van der Waals surface area contributed by atoms with E-state index in [0.29, 0.717) is 12.4 Å². The molecule has 0 spiro atoms. The van der Waals surface area contributed by atoms with Crippen LogP contribution in [0.1, 0.15) is 58.3 Å². The van der Waals surface area contributed by atoms with E-state index in [0.717, 1.165) is 6.42 Å². The molecule has 0 heterocycles. The van der Waals surface area contributed by atoms with E-state index in [9.17, 15) is 8.42 Å². The largest absolute Gasteiger partial charge is 0.494 e. The molecule has 0 bridgehead atoms. The van der Waals surface area contributed by atoms with Crippen molar-refractivity contribution in [1.82, 2.24) is 0 Å². The van der Waals surface area contributed by atoms with Gasteiger partial charge in [0.1, 0.15) is 11.5 Å². The zero-order valence-electron chi connectivity index (χ0n) is 13.3. The van der Waals surface area contributed by atoms with E-state index >= 15 is 0 Å². The van der Waals surface area contributed by atoms with Gasteiger partial charge in [-0.3, -0.25) is 0 Å². The molecular weight excluding hydrogens is 302 g/mol. The highest BCUT2D eigenvalue weighted by molar-refractivity contribution is 7.84. The maximum atomic E-state index is 10.8. The van der Waals surface area contributed by atoms with Gasteiger partial charge in [-0.05, 0) is 30.7 Å². The van der Waals surface area contributed by atoms with Crippen LogP contribution in [0.15, 0.2) is 24.3 Å². The molecule has 1 aromatic rings. The van der Waals surface area contributed by atoms with E-state index in [1.807, 2.05) is 0 Å². The maximum Gasteiger partial charge on any atom is 0.380 e. The van der Waals surface area contributed by atoms with Crippen molar-refractivity contribution in [1.29, 1.82) is 0 Å². The number of hydrogen-bond donors (Lipinski definition) is 1. The third-order valence-electron chi connectivity index (χ3n) is 3.30. The summed E-state index contributed by atoms with van der Waals surface area (Å²) in [7, 11) is -3.97. The number of unbranched alkanes of at least 4 members (excludes halogenated alkanes) is 7. The van der Waals surface area contributed by atoms with Gasteiger partial charge in [-0.2, -0.15) is 13.6 Å². The minimum atomic E-state index is -3.97. The third kappa shape index (κ3) is 9.63. The third-order valence-corrected chi connectivity index (χ3v) is 3.73. The fourth-order valence-electron chi connectivity index (χ4n) is 2.15. The molecule has 1 rings (SSSR count). The van der Waals surface area contributed by atoms with Crippen LogP contribution in [-0.4, -0.2) is 15.0 Å². The lowest BCUT2D eigenvalue weighted by Gasteiger charge is -2.07. The van der Waals surface area contributed by atoms with Crippen LogP contribution in [0.4, 0.5) is 0 Å². The topological polar surface area (TPSA) is 78.6 Å². The van der Waals surface area contributed by atoms with Crippen molar-refractivity contribution in [3.8, 4) is 11.5 Å². The smallest absolute Gasteiger partial charge is 0.380 e. The Morgan fingerprint density at radius 2 is 1.36 bits per heavy atom. The summed E-state index contributed by atoms with van der Waals surface area (Å²) in [4.78, 5) is 0. The minimum absolute atomic E-state index is 0.182. The molecule has 0 amide bonds. The Hall–Kier alpha value is -1.27. The maximum absolute atomic E-state index is 10.8. The second-order valence-electron chi connectivity index (χ2n) is 5.37. The molecule has 0 aliphatic heterocycles. The Balaban J connectivity index is 2.10. The molecule has 0 aromatic heterocycles. The van der Waals surface area contributed by atoms with E-state index < -0.39 is 10.3 Å². The summed E-state index contributed by atoms with van der Waals surface area (Å²) in [5, 5.41) is 4.79. The van der Waals surface area contributed by atoms with Gasteiger partial charge >= 0.3 is 10.3 Å². The zero-order chi connectivity index (χ0) is 16.3. The lowest BCUT2D eigenvalue weighted by atomic mass is 10.1. The Morgan fingerprint density at radius 3 is 1.91 bits per heavy atom. The predicted molar refractivity (Wildman–Crippen MR) is 88.3 cm³/mol. The molecule has 0 unspecified atom stereocenters. The van der Waals surface area contributed by atoms with E-state index in [-0.39, 0.29) is 5.75 Å². The van der Waals surface area contributed by atoms with E-state index in [1.165, 1.54) is 57.1 Å². The minimum Gasteiger partial charge on any atom is -0.494 e. The molecule has 0 saturated heterocycles. The van der Waals surface area contributed by atoms with Gasteiger partial charge in [0, 0.05) is 0 Å². The van der Waals surface area contributed by atoms with Crippen LogP contribution in [0.3, 0.4) is 0 Å². The molecule has 2 N–H and O–H groups in total. The van der Waals surface area contributed by atoms with Crippen LogP contribution in [0, 0.1) is 0 Å². The van der Waals surface area contributed by atoms with Gasteiger partial charge in [-0.1, -0.05) is 51.9 Å². The highest BCUT2D eigenvalue weighted by atomic mass is 32.2. The van der Waals surface area contributed by atoms with Crippen molar-refractivity contribution in [3.63, 3.8) is 0 Å². The second kappa shape index (κ2) is 10.5. The molecule has 126 valence electrons. The Labute approximate surface area is 134 Å². The van der Waals surface area contributed by atoms with Gasteiger partial charge in [-0.25, -0.2) is 0 Å². The zero-order valence-corrected chi connectivity index (χ0v) is 14.1. The highest BCUT2D eigenvalue weighted by Gasteiger charge is 2.04. The molecule has 1 aromatic carbocycles. The first-order valence-corrected chi connectivity index (χ1v) is 9.43. The predicted octanol–water partition coefficient (Wildman–Crippen LogP) is 3.79. The van der Waals surface area contributed by atoms with Crippen molar-refractivity contribution in [2.45, 2.75) is 58.3 Å². The summed E-state index contributed by atoms with van der Waals surface area (Å²) in [6, 6.07) is 6.39. The summed E-state index contributed by atoms with van der Waals surface area (Å²) in [5.41, 5.74) is 0. The first-order chi connectivity index (χ1) is 10.5. The van der Waals surface area contributed by atoms with Crippen molar-refractivity contribution in [3.05, 3.63) is 24.3 Å². The number of ether oxygens (including phenoxy) is 1. The van der Waals surface area contributed by atoms with Gasteiger partial charge in [0.05, 0.1) is 6.61 Å². The van der Waals surface area contributed by atoms with Crippen LogP contribution >= 0.6 is 0 Å². The van der Waals surface area contributed by atoms with Gasteiger partial charge in [0.15, 0.2) is 0 Å². The van der Waals surface area contributed by atoms with Crippen LogP contribution in [-0.2, 0) is 10.3 Å². The molecule has 5 nitrogen and oxygen atoms in total. The molecule has 0 fully saturated rings. The van der Waals surface area contributed by atoms with Crippen LogP contribution in [0.2, 0.25) is 0 Å². The summed E-state index contributed by atoms with van der Waals surface area (Å²) in [6.07, 6.45) is 10.1. The van der Waals surface area contributed by atoms with Gasteiger partial charge < -0.3 is 8.92 Å². The van der Waals surface area contributed by atoms with Gasteiger partial charge in [0.2, 0.25) is 0 Å². The lowest BCUT2D eigenvalue weighted by molar-refractivity contribution is 0.304. The molecule has 0 radical (unpaired) electrons. The van der Waals surface area contributed by atoms with Crippen molar-refractivity contribution in [2.75, 3.05) is 6.61 Å². The molecule has 6 heteroatoms. The molecule has 22 heavy (non-hydrogen) atoms. The Morgan fingerprint density at radius 1 is 0.864 bits per heavy atom. The highest BCUT2D eigenvalue weighted by Crippen LogP contribution is 2.18. The number of rotatable bonds is 12. The summed E-state index contributed by atoms with van der Waals surface area (Å²) in [6.45, 7) is 2.90. The normalized spacial score (nSPS) is 11.4. The second-order valence-corrected chi connectivity index (χ2v) is 6.52. The van der Waals surface area contributed by atoms with Gasteiger partial charge in [-0.15, -0.1) is 0 Å². The summed E-state index contributed by atoms with van der Waals surface area (Å²) >= 11 is 0. The quantitative estimate of drug-likeness (QED) is 0.592. The average Bonchev–Trinajstić information content (AvgIpc) is 2.46. The molecule has 0 aliphatic rings.